The van der Waals surface area contributed by atoms with Crippen LogP contribution < -0.4 is 10.6 Å². The number of benzene rings is 2. The maximum atomic E-state index is 13.1. The molecule has 0 bridgehead atoms. The summed E-state index contributed by atoms with van der Waals surface area (Å²) >= 11 is 0. The third kappa shape index (κ3) is 4.68. The molecule has 0 fully saturated rings. The lowest BCUT2D eigenvalue weighted by molar-refractivity contribution is -0.115. The van der Waals surface area contributed by atoms with Crippen LogP contribution in [-0.2, 0) is 4.79 Å². The number of amides is 1. The van der Waals surface area contributed by atoms with E-state index in [9.17, 15) is 9.18 Å². The van der Waals surface area contributed by atoms with Gasteiger partial charge in [0.15, 0.2) is 0 Å². The highest BCUT2D eigenvalue weighted by molar-refractivity contribution is 5.92. The molecular formula is C17H19FN2O. The van der Waals surface area contributed by atoms with E-state index in [-0.39, 0.29) is 24.3 Å². The van der Waals surface area contributed by atoms with Gasteiger partial charge in [-0.15, -0.1) is 0 Å². The fourth-order valence-corrected chi connectivity index (χ4v) is 1.98. The van der Waals surface area contributed by atoms with Crippen molar-refractivity contribution >= 4 is 11.6 Å². The summed E-state index contributed by atoms with van der Waals surface area (Å²) in [5.74, 6) is -0.396. The van der Waals surface area contributed by atoms with Crippen LogP contribution in [0.4, 0.5) is 10.1 Å². The van der Waals surface area contributed by atoms with Gasteiger partial charge in [-0.2, -0.15) is 0 Å². The standard InChI is InChI=1S/C17H19FN2O/c1-12-6-8-16(9-7-12)20-17(21)11-19-13(2)14-4-3-5-15(18)10-14/h3-10,13,19H,11H2,1-2H3,(H,20,21)/t13-/m0/s1. The molecule has 21 heavy (non-hydrogen) atoms. The van der Waals surface area contributed by atoms with Gasteiger partial charge in [-0.1, -0.05) is 29.8 Å². The van der Waals surface area contributed by atoms with Crippen molar-refractivity contribution in [2.24, 2.45) is 0 Å². The molecule has 0 aromatic heterocycles. The molecule has 0 saturated heterocycles. The van der Waals surface area contributed by atoms with Crippen molar-refractivity contribution in [2.45, 2.75) is 19.9 Å². The molecule has 1 atom stereocenters. The van der Waals surface area contributed by atoms with Crippen LogP contribution >= 0.6 is 0 Å². The average Bonchev–Trinajstić information content (AvgIpc) is 2.47. The molecule has 1 amide bonds. The van der Waals surface area contributed by atoms with E-state index in [2.05, 4.69) is 10.6 Å². The van der Waals surface area contributed by atoms with Gasteiger partial charge < -0.3 is 10.6 Å². The molecule has 0 aliphatic carbocycles. The Bertz CT molecular complexity index is 610. The quantitative estimate of drug-likeness (QED) is 0.884. The third-order valence-corrected chi connectivity index (χ3v) is 3.25. The Kier molecular flexibility index (Phi) is 5.06. The summed E-state index contributed by atoms with van der Waals surface area (Å²) in [7, 11) is 0. The Morgan fingerprint density at radius 1 is 1.19 bits per heavy atom. The van der Waals surface area contributed by atoms with Crippen LogP contribution in [0.5, 0.6) is 0 Å². The second-order valence-electron chi connectivity index (χ2n) is 5.07. The van der Waals surface area contributed by atoms with E-state index in [1.807, 2.05) is 44.2 Å². The van der Waals surface area contributed by atoms with Crippen molar-refractivity contribution in [2.75, 3.05) is 11.9 Å². The van der Waals surface area contributed by atoms with Gasteiger partial charge >= 0.3 is 0 Å². The largest absolute Gasteiger partial charge is 0.325 e. The van der Waals surface area contributed by atoms with Crippen molar-refractivity contribution in [3.8, 4) is 0 Å². The van der Waals surface area contributed by atoms with Gasteiger partial charge in [0.25, 0.3) is 0 Å². The molecule has 0 spiro atoms. The van der Waals surface area contributed by atoms with E-state index in [0.717, 1.165) is 16.8 Å². The van der Waals surface area contributed by atoms with E-state index in [0.29, 0.717) is 0 Å². The molecule has 2 rings (SSSR count). The molecule has 0 heterocycles. The van der Waals surface area contributed by atoms with E-state index >= 15 is 0 Å². The minimum atomic E-state index is -0.273. The predicted octanol–water partition coefficient (Wildman–Crippen LogP) is 3.42. The van der Waals surface area contributed by atoms with Crippen LogP contribution in [-0.4, -0.2) is 12.5 Å². The summed E-state index contributed by atoms with van der Waals surface area (Å²) in [6.45, 7) is 4.06. The highest BCUT2D eigenvalue weighted by Gasteiger charge is 2.08. The van der Waals surface area contributed by atoms with Gasteiger partial charge in [0.2, 0.25) is 5.91 Å². The minimum absolute atomic E-state index is 0.0931. The monoisotopic (exact) mass is 286 g/mol. The molecule has 0 aliphatic rings. The molecule has 2 aromatic rings. The molecular weight excluding hydrogens is 267 g/mol. The Balaban J connectivity index is 1.84. The maximum absolute atomic E-state index is 13.1. The molecule has 110 valence electrons. The summed E-state index contributed by atoms with van der Waals surface area (Å²) in [5, 5.41) is 5.89. The zero-order chi connectivity index (χ0) is 15.2. The van der Waals surface area contributed by atoms with Gasteiger partial charge in [0.1, 0.15) is 5.82 Å². The average molecular weight is 286 g/mol. The predicted molar refractivity (Wildman–Crippen MR) is 82.6 cm³/mol. The van der Waals surface area contributed by atoms with Crippen molar-refractivity contribution in [1.29, 1.82) is 0 Å². The molecule has 3 nitrogen and oxygen atoms in total. The van der Waals surface area contributed by atoms with Gasteiger partial charge in [0.05, 0.1) is 6.54 Å². The number of rotatable bonds is 5. The van der Waals surface area contributed by atoms with E-state index in [1.54, 1.807) is 6.07 Å². The lowest BCUT2D eigenvalue weighted by Crippen LogP contribution is -2.30. The van der Waals surface area contributed by atoms with Crippen molar-refractivity contribution in [1.82, 2.24) is 5.32 Å². The van der Waals surface area contributed by atoms with E-state index in [1.165, 1.54) is 12.1 Å². The third-order valence-electron chi connectivity index (χ3n) is 3.25. The summed E-state index contributed by atoms with van der Waals surface area (Å²) in [6.07, 6.45) is 0. The fraction of sp³-hybridized carbons (Fsp3) is 0.235. The Morgan fingerprint density at radius 3 is 2.57 bits per heavy atom. The molecule has 0 aliphatic heterocycles. The Morgan fingerprint density at radius 2 is 1.90 bits per heavy atom. The fourth-order valence-electron chi connectivity index (χ4n) is 1.98. The van der Waals surface area contributed by atoms with E-state index < -0.39 is 0 Å². The first-order valence-electron chi connectivity index (χ1n) is 6.90. The van der Waals surface area contributed by atoms with Gasteiger partial charge in [-0.3, -0.25) is 4.79 Å². The second kappa shape index (κ2) is 6.99. The first kappa shape index (κ1) is 15.2. The van der Waals surface area contributed by atoms with Crippen LogP contribution in [0.25, 0.3) is 0 Å². The highest BCUT2D eigenvalue weighted by Crippen LogP contribution is 2.13. The summed E-state index contributed by atoms with van der Waals surface area (Å²) in [5.41, 5.74) is 2.73. The number of aryl methyl sites for hydroxylation is 1. The van der Waals surface area contributed by atoms with Crippen LogP contribution in [0.15, 0.2) is 48.5 Å². The van der Waals surface area contributed by atoms with Gasteiger partial charge in [-0.25, -0.2) is 4.39 Å². The molecule has 0 saturated carbocycles. The summed E-state index contributed by atoms with van der Waals surface area (Å²) in [6, 6.07) is 13.9. The van der Waals surface area contributed by atoms with Crippen LogP contribution in [0.3, 0.4) is 0 Å². The molecule has 0 radical (unpaired) electrons. The lowest BCUT2D eigenvalue weighted by atomic mass is 10.1. The summed E-state index contributed by atoms with van der Waals surface area (Å²) < 4.78 is 13.1. The number of hydrogen-bond acceptors (Lipinski definition) is 2. The number of carbonyl (C=O) groups excluding carboxylic acids is 1. The van der Waals surface area contributed by atoms with Crippen molar-refractivity contribution in [3.63, 3.8) is 0 Å². The Hall–Kier alpha value is -2.20. The normalized spacial score (nSPS) is 12.0. The van der Waals surface area contributed by atoms with Crippen molar-refractivity contribution < 1.29 is 9.18 Å². The SMILES string of the molecule is Cc1ccc(NC(=O)CN[C@@H](C)c2cccc(F)c2)cc1. The molecule has 4 heteroatoms. The minimum Gasteiger partial charge on any atom is -0.325 e. The van der Waals surface area contributed by atoms with Gasteiger partial charge in [0, 0.05) is 11.7 Å². The zero-order valence-electron chi connectivity index (χ0n) is 12.2. The second-order valence-corrected chi connectivity index (χ2v) is 5.07. The van der Waals surface area contributed by atoms with E-state index in [4.69, 9.17) is 0 Å². The molecule has 2 N–H and O–H groups in total. The zero-order valence-corrected chi connectivity index (χ0v) is 12.2. The first-order chi connectivity index (χ1) is 10.0. The maximum Gasteiger partial charge on any atom is 0.238 e. The lowest BCUT2D eigenvalue weighted by Gasteiger charge is -2.14. The van der Waals surface area contributed by atoms with Crippen LogP contribution in [0.2, 0.25) is 0 Å². The molecule has 2 aromatic carbocycles. The number of hydrogen-bond donors (Lipinski definition) is 2. The number of halogens is 1. The number of anilines is 1. The number of nitrogens with one attached hydrogen (secondary N) is 2. The topological polar surface area (TPSA) is 41.1 Å². The smallest absolute Gasteiger partial charge is 0.238 e. The molecule has 0 unspecified atom stereocenters. The Labute approximate surface area is 124 Å². The van der Waals surface area contributed by atoms with Crippen molar-refractivity contribution in [3.05, 3.63) is 65.5 Å². The highest BCUT2D eigenvalue weighted by atomic mass is 19.1. The number of carbonyl (C=O) groups is 1. The first-order valence-corrected chi connectivity index (χ1v) is 6.90. The van der Waals surface area contributed by atoms with Gasteiger partial charge in [-0.05, 0) is 43.7 Å². The van der Waals surface area contributed by atoms with Crippen LogP contribution in [0.1, 0.15) is 24.1 Å². The summed E-state index contributed by atoms with van der Waals surface area (Å²) in [4.78, 5) is 11.9. The van der Waals surface area contributed by atoms with Crippen LogP contribution in [0, 0.1) is 12.7 Å².